The monoisotopic (exact) mass is 351 g/mol. The summed E-state index contributed by atoms with van der Waals surface area (Å²) in [5, 5.41) is 0. The summed E-state index contributed by atoms with van der Waals surface area (Å²) in [6.07, 6.45) is 2.90. The van der Waals surface area contributed by atoms with Gasteiger partial charge in [-0.05, 0) is 42.2 Å². The molecule has 1 aliphatic rings. The number of fused-ring (bicyclic) bond motifs is 1. The molecule has 0 saturated heterocycles. The predicted octanol–water partition coefficient (Wildman–Crippen LogP) is 4.64. The number of nitrogens with zero attached hydrogens (tertiary/aromatic N) is 1. The van der Waals surface area contributed by atoms with E-state index in [-0.39, 0.29) is 5.91 Å². The van der Waals surface area contributed by atoms with Crippen LogP contribution in [0.5, 0.6) is 11.5 Å². The second-order valence-corrected chi connectivity index (χ2v) is 6.88. The third-order valence-corrected chi connectivity index (χ3v) is 4.54. The number of hydrogen-bond acceptors (Lipinski definition) is 3. The number of carbonyl (C=O) groups excluding carboxylic acids is 1. The van der Waals surface area contributed by atoms with Crippen LogP contribution in [0, 0.1) is 5.92 Å². The number of rotatable bonds is 6. The van der Waals surface area contributed by atoms with Gasteiger partial charge in [-0.15, -0.1) is 0 Å². The topological polar surface area (TPSA) is 38.8 Å². The minimum atomic E-state index is 0.00225. The van der Waals surface area contributed by atoms with Crippen LogP contribution in [0.15, 0.2) is 42.5 Å². The highest BCUT2D eigenvalue weighted by atomic mass is 16.5. The molecule has 0 radical (unpaired) electrons. The van der Waals surface area contributed by atoms with E-state index in [1.165, 1.54) is 0 Å². The van der Waals surface area contributed by atoms with Crippen molar-refractivity contribution < 1.29 is 14.3 Å². The number of anilines is 1. The van der Waals surface area contributed by atoms with Crippen molar-refractivity contribution in [2.24, 2.45) is 5.92 Å². The van der Waals surface area contributed by atoms with E-state index in [2.05, 4.69) is 13.8 Å². The van der Waals surface area contributed by atoms with Gasteiger partial charge in [0.25, 0.3) is 5.91 Å². The predicted molar refractivity (Wildman–Crippen MR) is 106 cm³/mol. The second kappa shape index (κ2) is 7.65. The molecule has 2 aromatic carbocycles. The largest absolute Gasteiger partial charge is 0.493 e. The van der Waals surface area contributed by atoms with Crippen LogP contribution in [-0.2, 0) is 4.79 Å². The van der Waals surface area contributed by atoms with Crippen molar-refractivity contribution in [1.82, 2.24) is 0 Å². The fraction of sp³-hybridized carbons (Fsp3) is 0.318. The van der Waals surface area contributed by atoms with Crippen LogP contribution in [0.3, 0.4) is 0 Å². The SMILES string of the molecule is COc1cc(/C=C2/C(=O)N(C)c3ccccc32)ccc1OCCC(C)C. The van der Waals surface area contributed by atoms with Crippen LogP contribution in [0.1, 0.15) is 31.4 Å². The average Bonchev–Trinajstić information content (AvgIpc) is 2.87. The van der Waals surface area contributed by atoms with E-state index in [9.17, 15) is 4.79 Å². The molecule has 0 saturated carbocycles. The summed E-state index contributed by atoms with van der Waals surface area (Å²) in [5.41, 5.74) is 3.49. The molecular formula is C22H25NO3. The van der Waals surface area contributed by atoms with E-state index in [1.54, 1.807) is 19.1 Å². The Kier molecular flexibility index (Phi) is 5.31. The average molecular weight is 351 g/mol. The van der Waals surface area contributed by atoms with Gasteiger partial charge in [0.05, 0.1) is 19.4 Å². The molecule has 2 aromatic rings. The number of ether oxygens (including phenoxy) is 2. The van der Waals surface area contributed by atoms with E-state index >= 15 is 0 Å². The number of benzene rings is 2. The second-order valence-electron chi connectivity index (χ2n) is 6.88. The highest BCUT2D eigenvalue weighted by molar-refractivity contribution is 6.35. The molecule has 0 fully saturated rings. The summed E-state index contributed by atoms with van der Waals surface area (Å²) in [5.74, 6) is 2.00. The number of hydrogen-bond donors (Lipinski definition) is 0. The molecule has 0 unspecified atom stereocenters. The van der Waals surface area contributed by atoms with Gasteiger partial charge in [-0.1, -0.05) is 38.1 Å². The first-order valence-electron chi connectivity index (χ1n) is 8.91. The van der Waals surface area contributed by atoms with Crippen molar-refractivity contribution in [2.45, 2.75) is 20.3 Å². The molecule has 0 aromatic heterocycles. The summed E-state index contributed by atoms with van der Waals surface area (Å²) in [7, 11) is 3.43. The lowest BCUT2D eigenvalue weighted by Gasteiger charge is -2.12. The van der Waals surface area contributed by atoms with Gasteiger partial charge in [0.15, 0.2) is 11.5 Å². The van der Waals surface area contributed by atoms with E-state index in [0.717, 1.165) is 29.0 Å². The number of para-hydroxylation sites is 1. The lowest BCUT2D eigenvalue weighted by Crippen LogP contribution is -2.20. The van der Waals surface area contributed by atoms with E-state index in [1.807, 2.05) is 48.5 Å². The lowest BCUT2D eigenvalue weighted by atomic mass is 10.0. The van der Waals surface area contributed by atoms with Crippen molar-refractivity contribution >= 4 is 23.2 Å². The van der Waals surface area contributed by atoms with E-state index < -0.39 is 0 Å². The van der Waals surface area contributed by atoms with Crippen LogP contribution in [0.4, 0.5) is 5.69 Å². The Bertz CT molecular complexity index is 839. The number of likely N-dealkylation sites (N-methyl/N-ethyl adjacent to an activating group) is 1. The molecule has 1 amide bonds. The van der Waals surface area contributed by atoms with Gasteiger partial charge < -0.3 is 14.4 Å². The molecule has 3 rings (SSSR count). The minimum Gasteiger partial charge on any atom is -0.493 e. The minimum absolute atomic E-state index is 0.00225. The fourth-order valence-corrected chi connectivity index (χ4v) is 3.00. The third kappa shape index (κ3) is 3.59. The van der Waals surface area contributed by atoms with Gasteiger partial charge in [-0.25, -0.2) is 0 Å². The number of amides is 1. The van der Waals surface area contributed by atoms with Gasteiger partial charge in [0.2, 0.25) is 0 Å². The van der Waals surface area contributed by atoms with E-state index in [0.29, 0.717) is 23.8 Å². The molecular weight excluding hydrogens is 326 g/mol. The lowest BCUT2D eigenvalue weighted by molar-refractivity contribution is -0.112. The van der Waals surface area contributed by atoms with Crippen LogP contribution < -0.4 is 14.4 Å². The molecule has 1 aliphatic heterocycles. The maximum atomic E-state index is 12.6. The zero-order chi connectivity index (χ0) is 18.7. The number of methoxy groups -OCH3 is 1. The first-order valence-corrected chi connectivity index (χ1v) is 8.91. The maximum absolute atomic E-state index is 12.6. The molecule has 1 heterocycles. The highest BCUT2D eigenvalue weighted by Crippen LogP contribution is 2.37. The molecule has 0 bridgehead atoms. The fourth-order valence-electron chi connectivity index (χ4n) is 3.00. The Morgan fingerprint density at radius 2 is 1.88 bits per heavy atom. The smallest absolute Gasteiger partial charge is 0.258 e. The van der Waals surface area contributed by atoms with Gasteiger partial charge in [0.1, 0.15) is 0 Å². The van der Waals surface area contributed by atoms with Crippen molar-refractivity contribution in [3.63, 3.8) is 0 Å². The van der Waals surface area contributed by atoms with E-state index in [4.69, 9.17) is 9.47 Å². The molecule has 4 heteroatoms. The molecule has 0 atom stereocenters. The molecule has 26 heavy (non-hydrogen) atoms. The Balaban J connectivity index is 1.88. The van der Waals surface area contributed by atoms with Gasteiger partial charge in [-0.3, -0.25) is 4.79 Å². The molecule has 0 spiro atoms. The highest BCUT2D eigenvalue weighted by Gasteiger charge is 2.29. The zero-order valence-electron chi connectivity index (χ0n) is 15.8. The normalized spacial score (nSPS) is 14.9. The van der Waals surface area contributed by atoms with Crippen molar-refractivity contribution in [1.29, 1.82) is 0 Å². The van der Waals surface area contributed by atoms with Crippen LogP contribution in [0.25, 0.3) is 11.6 Å². The molecule has 136 valence electrons. The Morgan fingerprint density at radius 1 is 1.12 bits per heavy atom. The number of carbonyl (C=O) groups is 1. The molecule has 0 N–H and O–H groups in total. The Morgan fingerprint density at radius 3 is 2.62 bits per heavy atom. The Labute approximate surface area is 155 Å². The van der Waals surface area contributed by atoms with Gasteiger partial charge in [-0.2, -0.15) is 0 Å². The summed E-state index contributed by atoms with van der Waals surface area (Å²) in [6, 6.07) is 13.6. The van der Waals surface area contributed by atoms with Crippen LogP contribution in [0.2, 0.25) is 0 Å². The van der Waals surface area contributed by atoms with Crippen LogP contribution >= 0.6 is 0 Å². The summed E-state index contributed by atoms with van der Waals surface area (Å²) in [4.78, 5) is 14.3. The first kappa shape index (κ1) is 18.1. The molecule has 0 aliphatic carbocycles. The first-order chi connectivity index (χ1) is 12.5. The van der Waals surface area contributed by atoms with Crippen molar-refractivity contribution in [3.05, 3.63) is 53.6 Å². The third-order valence-electron chi connectivity index (χ3n) is 4.54. The quantitative estimate of drug-likeness (QED) is 0.712. The maximum Gasteiger partial charge on any atom is 0.258 e. The summed E-state index contributed by atoms with van der Waals surface area (Å²) >= 11 is 0. The van der Waals surface area contributed by atoms with Crippen LogP contribution in [-0.4, -0.2) is 26.7 Å². The van der Waals surface area contributed by atoms with Crippen molar-refractivity contribution in [3.8, 4) is 11.5 Å². The zero-order valence-corrected chi connectivity index (χ0v) is 15.8. The van der Waals surface area contributed by atoms with Gasteiger partial charge in [0, 0.05) is 18.2 Å². The van der Waals surface area contributed by atoms with Crippen molar-refractivity contribution in [2.75, 3.05) is 25.7 Å². The summed E-state index contributed by atoms with van der Waals surface area (Å²) in [6.45, 7) is 5.00. The molecule has 4 nitrogen and oxygen atoms in total. The standard InChI is InChI=1S/C22H25NO3/c1-15(2)11-12-26-20-10-9-16(14-21(20)25-4)13-18-17-7-5-6-8-19(17)23(3)22(18)24/h5-10,13-15H,11-12H2,1-4H3/b18-13+. The summed E-state index contributed by atoms with van der Waals surface area (Å²) < 4.78 is 11.3. The Hall–Kier alpha value is -2.75. The van der Waals surface area contributed by atoms with Gasteiger partial charge >= 0.3 is 0 Å².